The highest BCUT2D eigenvalue weighted by atomic mass is 32.2. The Morgan fingerprint density at radius 2 is 2.07 bits per heavy atom. The summed E-state index contributed by atoms with van der Waals surface area (Å²) < 4.78 is 27.3. The fraction of sp³-hybridized carbons (Fsp3) is 0.591. The normalized spacial score (nSPS) is 30.8. The van der Waals surface area contributed by atoms with Crippen molar-refractivity contribution in [2.75, 3.05) is 0 Å². The van der Waals surface area contributed by atoms with E-state index in [0.29, 0.717) is 17.8 Å². The number of amides is 1. The van der Waals surface area contributed by atoms with E-state index in [4.69, 9.17) is 9.32 Å². The predicted molar refractivity (Wildman–Crippen MR) is 112 cm³/mol. The lowest BCUT2D eigenvalue weighted by Crippen LogP contribution is -2.44. The summed E-state index contributed by atoms with van der Waals surface area (Å²) in [4.78, 5) is 12.8. The number of benzene rings is 1. The molecular weight excluding hydrogens is 388 g/mol. The fourth-order valence-corrected chi connectivity index (χ4v) is 6.38. The maximum atomic E-state index is 12.8. The molecule has 29 heavy (non-hydrogen) atoms. The third kappa shape index (κ3) is 3.70. The first-order chi connectivity index (χ1) is 13.6. The summed E-state index contributed by atoms with van der Waals surface area (Å²) in [7, 11) is -4.01. The van der Waals surface area contributed by atoms with Crippen LogP contribution < -0.4 is 14.6 Å². The Kier molecular flexibility index (Phi) is 5.02. The van der Waals surface area contributed by atoms with Crippen molar-refractivity contribution in [3.8, 4) is 5.75 Å². The van der Waals surface area contributed by atoms with Crippen LogP contribution in [0.15, 0.2) is 29.8 Å². The molecule has 7 heteroatoms. The quantitative estimate of drug-likeness (QED) is 0.784. The number of allylic oxidation sites excluding steroid dienone is 1. The van der Waals surface area contributed by atoms with E-state index in [9.17, 15) is 13.2 Å². The van der Waals surface area contributed by atoms with Crippen LogP contribution in [0.25, 0.3) is 0 Å². The van der Waals surface area contributed by atoms with Gasteiger partial charge in [-0.05, 0) is 87.0 Å². The van der Waals surface area contributed by atoms with Gasteiger partial charge in [-0.1, -0.05) is 19.1 Å². The Labute approximate surface area is 173 Å². The highest BCUT2D eigenvalue weighted by Crippen LogP contribution is 2.61. The number of nitrogens with two attached hydrogens (primary N) is 1. The number of aryl methyl sites for hydroxylation is 1. The van der Waals surface area contributed by atoms with Crippen molar-refractivity contribution in [3.63, 3.8) is 0 Å². The van der Waals surface area contributed by atoms with E-state index < -0.39 is 10.3 Å². The number of carbonyl (C=O) groups is 1. The SMILES string of the molecule is CC(C)NC(=O)C1=CCC2C3CCc4cc(OS(N)(=O)=O)ccc4C3CC[C@]12C. The summed E-state index contributed by atoms with van der Waals surface area (Å²) in [5.74, 6) is 1.82. The molecule has 1 amide bonds. The first-order valence-corrected chi connectivity index (χ1v) is 11.9. The number of rotatable bonds is 4. The number of hydrogen-bond donors (Lipinski definition) is 2. The predicted octanol–water partition coefficient (Wildman–Crippen LogP) is 3.19. The Morgan fingerprint density at radius 3 is 2.76 bits per heavy atom. The summed E-state index contributed by atoms with van der Waals surface area (Å²) >= 11 is 0. The third-order valence-corrected chi connectivity index (χ3v) is 7.58. The van der Waals surface area contributed by atoms with Crippen molar-refractivity contribution in [2.45, 2.75) is 64.8 Å². The van der Waals surface area contributed by atoms with E-state index >= 15 is 0 Å². The van der Waals surface area contributed by atoms with Crippen LogP contribution in [0.2, 0.25) is 0 Å². The average Bonchev–Trinajstić information content (AvgIpc) is 2.96. The molecule has 0 spiro atoms. The van der Waals surface area contributed by atoms with Gasteiger partial charge in [0.05, 0.1) is 0 Å². The molecule has 1 aromatic carbocycles. The molecular formula is C22H30N2O4S. The molecule has 0 bridgehead atoms. The minimum Gasteiger partial charge on any atom is -0.371 e. The first-order valence-electron chi connectivity index (χ1n) is 10.4. The molecule has 1 fully saturated rings. The minimum atomic E-state index is -4.01. The molecule has 4 rings (SSSR count). The number of nitrogens with one attached hydrogen (secondary N) is 1. The molecule has 0 radical (unpaired) electrons. The molecule has 158 valence electrons. The van der Waals surface area contributed by atoms with Crippen LogP contribution >= 0.6 is 0 Å². The highest BCUT2D eigenvalue weighted by molar-refractivity contribution is 7.84. The summed E-state index contributed by atoms with van der Waals surface area (Å²) in [5, 5.41) is 8.08. The van der Waals surface area contributed by atoms with Gasteiger partial charge in [-0.3, -0.25) is 4.79 Å². The largest absolute Gasteiger partial charge is 0.380 e. The Hall–Kier alpha value is -1.86. The van der Waals surface area contributed by atoms with Gasteiger partial charge in [0.1, 0.15) is 5.75 Å². The summed E-state index contributed by atoms with van der Waals surface area (Å²) in [6.45, 7) is 6.26. The van der Waals surface area contributed by atoms with Gasteiger partial charge in [-0.15, -0.1) is 0 Å². The van der Waals surface area contributed by atoms with Crippen LogP contribution in [-0.2, 0) is 21.5 Å². The van der Waals surface area contributed by atoms with Gasteiger partial charge in [-0.25, -0.2) is 0 Å². The molecule has 3 N–H and O–H groups in total. The topological polar surface area (TPSA) is 98.5 Å². The third-order valence-electron chi connectivity index (χ3n) is 7.16. The zero-order valence-electron chi connectivity index (χ0n) is 17.3. The van der Waals surface area contributed by atoms with E-state index in [1.54, 1.807) is 6.07 Å². The van der Waals surface area contributed by atoms with E-state index in [1.165, 1.54) is 5.56 Å². The van der Waals surface area contributed by atoms with E-state index in [-0.39, 0.29) is 23.1 Å². The Morgan fingerprint density at radius 1 is 1.31 bits per heavy atom. The van der Waals surface area contributed by atoms with Gasteiger partial charge in [0.25, 0.3) is 0 Å². The van der Waals surface area contributed by atoms with Crippen molar-refractivity contribution in [2.24, 2.45) is 22.4 Å². The van der Waals surface area contributed by atoms with Crippen LogP contribution in [-0.4, -0.2) is 20.4 Å². The van der Waals surface area contributed by atoms with Crippen LogP contribution in [0.5, 0.6) is 5.75 Å². The second-order valence-corrected chi connectivity index (χ2v) is 10.4. The molecule has 4 atom stereocenters. The molecule has 1 saturated carbocycles. The molecule has 0 heterocycles. The number of fused-ring (bicyclic) bond motifs is 5. The summed E-state index contributed by atoms with van der Waals surface area (Å²) in [6, 6.07) is 5.66. The molecule has 3 aliphatic rings. The Balaban J connectivity index is 1.57. The molecule has 6 nitrogen and oxygen atoms in total. The maximum absolute atomic E-state index is 12.8. The second-order valence-electron chi connectivity index (χ2n) is 9.29. The van der Waals surface area contributed by atoms with Gasteiger partial charge < -0.3 is 9.50 Å². The monoisotopic (exact) mass is 418 g/mol. The zero-order chi connectivity index (χ0) is 21.0. The fourth-order valence-electron chi connectivity index (χ4n) is 6.00. The lowest BCUT2D eigenvalue weighted by molar-refractivity contribution is -0.119. The van der Waals surface area contributed by atoms with Crippen molar-refractivity contribution in [1.82, 2.24) is 5.32 Å². The molecule has 0 saturated heterocycles. The Bertz CT molecular complexity index is 969. The van der Waals surface area contributed by atoms with Crippen molar-refractivity contribution >= 4 is 16.2 Å². The highest BCUT2D eigenvalue weighted by Gasteiger charge is 2.53. The van der Waals surface area contributed by atoms with Crippen LogP contribution in [0.3, 0.4) is 0 Å². The summed E-state index contributed by atoms with van der Waals surface area (Å²) in [5.41, 5.74) is 3.36. The number of carbonyl (C=O) groups excluding carboxylic acids is 1. The van der Waals surface area contributed by atoms with Crippen LogP contribution in [0.1, 0.15) is 63.5 Å². The van der Waals surface area contributed by atoms with Crippen molar-refractivity contribution in [1.29, 1.82) is 0 Å². The van der Waals surface area contributed by atoms with Gasteiger partial charge >= 0.3 is 10.3 Å². The van der Waals surface area contributed by atoms with Gasteiger partial charge in [0.15, 0.2) is 0 Å². The lowest BCUT2D eigenvalue weighted by Gasteiger charge is -2.50. The first kappa shape index (κ1) is 20.4. The summed E-state index contributed by atoms with van der Waals surface area (Å²) in [6.07, 6.45) is 7.09. The van der Waals surface area contributed by atoms with E-state index in [2.05, 4.69) is 18.3 Å². The van der Waals surface area contributed by atoms with E-state index in [1.807, 2.05) is 26.0 Å². The smallest absolute Gasteiger partial charge is 0.371 e. The van der Waals surface area contributed by atoms with Gasteiger partial charge in [-0.2, -0.15) is 13.6 Å². The van der Waals surface area contributed by atoms with Gasteiger partial charge in [0.2, 0.25) is 5.91 Å². The number of hydrogen-bond acceptors (Lipinski definition) is 4. The molecule has 0 aliphatic heterocycles. The minimum absolute atomic E-state index is 0.0612. The zero-order valence-corrected chi connectivity index (χ0v) is 18.1. The van der Waals surface area contributed by atoms with Gasteiger partial charge in [0, 0.05) is 17.0 Å². The molecule has 1 aromatic rings. The maximum Gasteiger partial charge on any atom is 0.380 e. The molecule has 3 unspecified atom stereocenters. The second kappa shape index (κ2) is 7.13. The average molecular weight is 419 g/mol. The van der Waals surface area contributed by atoms with Crippen LogP contribution in [0.4, 0.5) is 0 Å². The standard InChI is InChI=1S/C22H30N2O4S/c1-13(2)24-21(25)20-9-8-19-18-6-4-14-12-15(28-29(23,26)27)5-7-16(14)17(18)10-11-22(19,20)3/h5,7,9,12-13,17-19H,4,6,8,10-11H2,1-3H3,(H,24,25)(H2,23,26,27)/t17?,18?,19?,22-/m0/s1. The van der Waals surface area contributed by atoms with Crippen molar-refractivity contribution < 1.29 is 17.4 Å². The van der Waals surface area contributed by atoms with Crippen LogP contribution in [0, 0.1) is 17.3 Å². The molecule has 0 aromatic heterocycles. The van der Waals surface area contributed by atoms with E-state index in [0.717, 1.165) is 43.2 Å². The van der Waals surface area contributed by atoms with Crippen molar-refractivity contribution in [3.05, 3.63) is 41.0 Å². The lowest BCUT2D eigenvalue weighted by atomic mass is 9.54. The molecule has 3 aliphatic carbocycles.